The Kier molecular flexibility index (Phi) is 4.68. The maximum atomic E-state index is 12.4. The highest BCUT2D eigenvalue weighted by atomic mass is 35.5. The molecule has 1 aliphatic carbocycles. The summed E-state index contributed by atoms with van der Waals surface area (Å²) in [6.07, 6.45) is 3.21. The van der Waals surface area contributed by atoms with E-state index in [2.05, 4.69) is 10.4 Å². The number of nitrogens with zero attached hydrogens (tertiary/aromatic N) is 3. The Bertz CT molecular complexity index is 844. The van der Waals surface area contributed by atoms with Gasteiger partial charge in [-0.15, -0.1) is 0 Å². The third-order valence-electron chi connectivity index (χ3n) is 5.13. The summed E-state index contributed by atoms with van der Waals surface area (Å²) in [4.78, 5) is 26.6. The minimum Gasteiger partial charge on any atom is -0.346 e. The van der Waals surface area contributed by atoms with Gasteiger partial charge in [-0.2, -0.15) is 5.10 Å². The molecule has 1 saturated carbocycles. The number of halogens is 1. The van der Waals surface area contributed by atoms with E-state index in [1.54, 1.807) is 24.3 Å². The van der Waals surface area contributed by atoms with E-state index in [-0.39, 0.29) is 17.7 Å². The summed E-state index contributed by atoms with van der Waals surface area (Å²) in [5.41, 5.74) is 2.35. The predicted molar refractivity (Wildman–Crippen MR) is 97.6 cm³/mol. The molecule has 1 N–H and O–H groups in total. The highest BCUT2D eigenvalue weighted by Crippen LogP contribution is 2.29. The van der Waals surface area contributed by atoms with Crippen LogP contribution in [0.15, 0.2) is 30.3 Å². The van der Waals surface area contributed by atoms with Crippen molar-refractivity contribution >= 4 is 23.4 Å². The maximum Gasteiger partial charge on any atom is 0.251 e. The van der Waals surface area contributed by atoms with Crippen molar-refractivity contribution in [3.05, 3.63) is 52.3 Å². The SMILES string of the molecule is O=C(NCc1cc2n(n1)CCN(C(=O)C1CCC1)C2)c1cccc(Cl)c1. The van der Waals surface area contributed by atoms with Crippen molar-refractivity contribution in [2.24, 2.45) is 5.92 Å². The fourth-order valence-electron chi connectivity index (χ4n) is 3.42. The molecule has 1 fully saturated rings. The fraction of sp³-hybridized carbons (Fsp3) is 0.421. The average Bonchev–Trinajstić information content (AvgIpc) is 3.00. The molecule has 26 heavy (non-hydrogen) atoms. The Labute approximate surface area is 157 Å². The minimum absolute atomic E-state index is 0.180. The van der Waals surface area contributed by atoms with Crippen LogP contribution >= 0.6 is 11.6 Å². The summed E-state index contributed by atoms with van der Waals surface area (Å²) in [6.45, 7) is 2.36. The Morgan fingerprint density at radius 3 is 2.81 bits per heavy atom. The van der Waals surface area contributed by atoms with Gasteiger partial charge in [-0.25, -0.2) is 0 Å². The monoisotopic (exact) mass is 372 g/mol. The number of hydrogen-bond acceptors (Lipinski definition) is 3. The second kappa shape index (κ2) is 7.11. The van der Waals surface area contributed by atoms with E-state index in [4.69, 9.17) is 11.6 Å². The average molecular weight is 373 g/mol. The molecule has 1 aliphatic heterocycles. The third-order valence-corrected chi connectivity index (χ3v) is 5.37. The number of hydrogen-bond donors (Lipinski definition) is 1. The molecular weight excluding hydrogens is 352 g/mol. The predicted octanol–water partition coefficient (Wildman–Crippen LogP) is 2.61. The number of carbonyl (C=O) groups is 2. The standard InChI is InChI=1S/C19H21ClN4O2/c20-15-6-2-5-14(9-15)18(25)21-11-16-10-17-12-23(7-8-24(17)22-16)19(26)13-3-1-4-13/h2,5-6,9-10,13H,1,3-4,7-8,11-12H2,(H,21,25). The van der Waals surface area contributed by atoms with Gasteiger partial charge in [0.25, 0.3) is 5.91 Å². The Hall–Kier alpha value is -2.34. The highest BCUT2D eigenvalue weighted by Gasteiger charge is 2.31. The van der Waals surface area contributed by atoms with E-state index in [1.165, 1.54) is 6.42 Å². The second-order valence-corrected chi connectivity index (χ2v) is 7.37. The molecule has 2 aromatic rings. The normalized spacial score (nSPS) is 16.7. The molecule has 2 aliphatic rings. The van der Waals surface area contributed by atoms with Crippen LogP contribution in [0.5, 0.6) is 0 Å². The summed E-state index contributed by atoms with van der Waals surface area (Å²) >= 11 is 5.92. The molecule has 1 aromatic heterocycles. The van der Waals surface area contributed by atoms with E-state index < -0.39 is 0 Å². The fourth-order valence-corrected chi connectivity index (χ4v) is 3.61. The van der Waals surface area contributed by atoms with Crippen LogP contribution in [-0.2, 0) is 24.4 Å². The van der Waals surface area contributed by atoms with Crippen molar-refractivity contribution in [2.45, 2.75) is 38.9 Å². The number of carbonyl (C=O) groups excluding carboxylic acids is 2. The number of nitrogens with one attached hydrogen (secondary N) is 1. The van der Waals surface area contributed by atoms with Crippen molar-refractivity contribution < 1.29 is 9.59 Å². The van der Waals surface area contributed by atoms with E-state index >= 15 is 0 Å². The van der Waals surface area contributed by atoms with Gasteiger partial charge >= 0.3 is 0 Å². The molecule has 0 bridgehead atoms. The van der Waals surface area contributed by atoms with Gasteiger partial charge in [0.05, 0.1) is 31.0 Å². The van der Waals surface area contributed by atoms with Crippen LogP contribution in [0.3, 0.4) is 0 Å². The first-order valence-corrected chi connectivity index (χ1v) is 9.36. The molecular formula is C19H21ClN4O2. The lowest BCUT2D eigenvalue weighted by atomic mass is 9.84. The Morgan fingerprint density at radius 2 is 2.08 bits per heavy atom. The Morgan fingerprint density at radius 1 is 1.23 bits per heavy atom. The smallest absolute Gasteiger partial charge is 0.251 e. The molecule has 136 valence electrons. The van der Waals surface area contributed by atoms with Crippen LogP contribution in [0, 0.1) is 5.92 Å². The largest absolute Gasteiger partial charge is 0.346 e. The zero-order chi connectivity index (χ0) is 18.1. The molecule has 2 amide bonds. The molecule has 2 heterocycles. The van der Waals surface area contributed by atoms with Gasteiger partial charge in [-0.1, -0.05) is 24.1 Å². The van der Waals surface area contributed by atoms with Crippen molar-refractivity contribution in [2.75, 3.05) is 6.54 Å². The molecule has 4 rings (SSSR count). The van der Waals surface area contributed by atoms with Gasteiger partial charge in [0.2, 0.25) is 5.91 Å². The van der Waals surface area contributed by atoms with Crippen LogP contribution < -0.4 is 5.32 Å². The van der Waals surface area contributed by atoms with Crippen LogP contribution in [0.25, 0.3) is 0 Å². The van der Waals surface area contributed by atoms with Crippen molar-refractivity contribution in [3.63, 3.8) is 0 Å². The zero-order valence-corrected chi connectivity index (χ0v) is 15.2. The maximum absolute atomic E-state index is 12.4. The van der Waals surface area contributed by atoms with Gasteiger partial charge in [0.15, 0.2) is 0 Å². The third kappa shape index (κ3) is 3.46. The Balaban J connectivity index is 1.37. The second-order valence-electron chi connectivity index (χ2n) is 6.93. The molecule has 7 heteroatoms. The lowest BCUT2D eigenvalue weighted by Crippen LogP contribution is -2.43. The van der Waals surface area contributed by atoms with Gasteiger partial charge < -0.3 is 10.2 Å². The summed E-state index contributed by atoms with van der Waals surface area (Å²) in [6, 6.07) is 8.82. The first-order chi connectivity index (χ1) is 12.6. The summed E-state index contributed by atoms with van der Waals surface area (Å²) in [5.74, 6) is 0.320. The van der Waals surface area contributed by atoms with Gasteiger partial charge in [-0.05, 0) is 37.1 Å². The van der Waals surface area contributed by atoms with E-state index in [1.807, 2.05) is 15.6 Å². The topological polar surface area (TPSA) is 67.2 Å². The molecule has 6 nitrogen and oxygen atoms in total. The number of aromatic nitrogens is 2. The summed E-state index contributed by atoms with van der Waals surface area (Å²) < 4.78 is 1.94. The highest BCUT2D eigenvalue weighted by molar-refractivity contribution is 6.30. The van der Waals surface area contributed by atoms with Crippen LogP contribution in [0.2, 0.25) is 5.02 Å². The van der Waals surface area contributed by atoms with E-state index in [0.717, 1.165) is 24.2 Å². The first kappa shape index (κ1) is 17.1. The molecule has 1 aromatic carbocycles. The molecule has 0 spiro atoms. The molecule has 0 saturated heterocycles. The van der Waals surface area contributed by atoms with Gasteiger partial charge in [0, 0.05) is 23.0 Å². The van der Waals surface area contributed by atoms with Crippen molar-refractivity contribution in [3.8, 4) is 0 Å². The van der Waals surface area contributed by atoms with Gasteiger partial charge in [-0.3, -0.25) is 14.3 Å². The number of benzene rings is 1. The minimum atomic E-state index is -0.180. The van der Waals surface area contributed by atoms with E-state index in [9.17, 15) is 9.59 Å². The number of fused-ring (bicyclic) bond motifs is 1. The van der Waals surface area contributed by atoms with Crippen LogP contribution in [0.4, 0.5) is 0 Å². The van der Waals surface area contributed by atoms with Crippen molar-refractivity contribution in [1.29, 1.82) is 0 Å². The zero-order valence-electron chi connectivity index (χ0n) is 14.4. The van der Waals surface area contributed by atoms with Crippen molar-refractivity contribution in [1.82, 2.24) is 20.0 Å². The molecule has 0 atom stereocenters. The summed E-state index contributed by atoms with van der Waals surface area (Å²) in [5, 5.41) is 7.95. The van der Waals surface area contributed by atoms with Crippen LogP contribution in [0.1, 0.15) is 41.0 Å². The van der Waals surface area contributed by atoms with E-state index in [0.29, 0.717) is 36.8 Å². The van der Waals surface area contributed by atoms with Gasteiger partial charge in [0.1, 0.15) is 0 Å². The van der Waals surface area contributed by atoms with Crippen LogP contribution in [-0.4, -0.2) is 33.0 Å². The molecule has 0 radical (unpaired) electrons. The molecule has 0 unspecified atom stereocenters. The first-order valence-electron chi connectivity index (χ1n) is 8.98. The lowest BCUT2D eigenvalue weighted by Gasteiger charge is -2.34. The number of rotatable bonds is 4. The lowest BCUT2D eigenvalue weighted by molar-refractivity contribution is -0.139. The number of amides is 2. The quantitative estimate of drug-likeness (QED) is 0.897. The summed E-state index contributed by atoms with van der Waals surface area (Å²) in [7, 11) is 0.